The molecular formula is C27H30ClN3O4S. The highest BCUT2D eigenvalue weighted by molar-refractivity contribution is 7.88. The number of amides is 2. The van der Waals surface area contributed by atoms with Gasteiger partial charge in [0.1, 0.15) is 6.04 Å². The highest BCUT2D eigenvalue weighted by Gasteiger charge is 2.31. The number of carbonyl (C=O) groups excluding carboxylic acids is 2. The van der Waals surface area contributed by atoms with Gasteiger partial charge in [-0.05, 0) is 28.8 Å². The van der Waals surface area contributed by atoms with Crippen LogP contribution in [-0.4, -0.2) is 55.3 Å². The van der Waals surface area contributed by atoms with Crippen molar-refractivity contribution in [2.45, 2.75) is 25.6 Å². The van der Waals surface area contributed by atoms with Crippen LogP contribution in [0.25, 0.3) is 0 Å². The van der Waals surface area contributed by atoms with Gasteiger partial charge in [0.25, 0.3) is 0 Å². The van der Waals surface area contributed by atoms with E-state index in [0.29, 0.717) is 11.6 Å². The van der Waals surface area contributed by atoms with Crippen LogP contribution < -0.4 is 5.32 Å². The van der Waals surface area contributed by atoms with Gasteiger partial charge in [-0.15, -0.1) is 0 Å². The Kier molecular flexibility index (Phi) is 9.64. The van der Waals surface area contributed by atoms with E-state index in [0.717, 1.165) is 27.3 Å². The fourth-order valence-corrected chi connectivity index (χ4v) is 4.11. The van der Waals surface area contributed by atoms with Gasteiger partial charge in [-0.1, -0.05) is 84.4 Å². The Balaban J connectivity index is 1.94. The van der Waals surface area contributed by atoms with Crippen LogP contribution in [0.1, 0.15) is 16.7 Å². The first-order valence-electron chi connectivity index (χ1n) is 11.4. The average molecular weight is 528 g/mol. The zero-order valence-electron chi connectivity index (χ0n) is 20.3. The Morgan fingerprint density at radius 2 is 1.42 bits per heavy atom. The Hall–Kier alpha value is -3.20. The third-order valence-corrected chi connectivity index (χ3v) is 7.28. The van der Waals surface area contributed by atoms with E-state index in [9.17, 15) is 18.0 Å². The molecule has 9 heteroatoms. The second kappa shape index (κ2) is 12.7. The zero-order valence-corrected chi connectivity index (χ0v) is 21.9. The van der Waals surface area contributed by atoms with Crippen molar-refractivity contribution in [1.82, 2.24) is 14.5 Å². The van der Waals surface area contributed by atoms with Gasteiger partial charge in [0, 0.05) is 31.6 Å². The molecular weight excluding hydrogens is 498 g/mol. The monoisotopic (exact) mass is 527 g/mol. The number of rotatable bonds is 11. The summed E-state index contributed by atoms with van der Waals surface area (Å²) >= 11 is 6.03. The average Bonchev–Trinajstić information content (AvgIpc) is 2.86. The Morgan fingerprint density at radius 3 is 1.97 bits per heavy atom. The molecule has 0 fully saturated rings. The van der Waals surface area contributed by atoms with Gasteiger partial charge in [-0.25, -0.2) is 8.42 Å². The van der Waals surface area contributed by atoms with Gasteiger partial charge < -0.3 is 10.2 Å². The molecule has 0 bridgehead atoms. The summed E-state index contributed by atoms with van der Waals surface area (Å²) in [7, 11) is -2.25. The fraction of sp³-hybridized carbons (Fsp3) is 0.259. The van der Waals surface area contributed by atoms with Crippen LogP contribution in [0.3, 0.4) is 0 Å². The van der Waals surface area contributed by atoms with E-state index >= 15 is 0 Å². The fourth-order valence-electron chi connectivity index (χ4n) is 3.64. The van der Waals surface area contributed by atoms with Crippen molar-refractivity contribution in [2.24, 2.45) is 0 Å². The minimum atomic E-state index is -3.59. The summed E-state index contributed by atoms with van der Waals surface area (Å²) in [5, 5.41) is 3.50. The first kappa shape index (κ1) is 27.4. The Labute approximate surface area is 217 Å². The molecule has 3 aromatic rings. The van der Waals surface area contributed by atoms with E-state index in [1.807, 2.05) is 60.7 Å². The molecule has 0 saturated carbocycles. The number of hydrogen-bond donors (Lipinski definition) is 1. The standard InChI is InChI=1S/C27H30ClN3O4S/c1-30(36(2,34)35)20-26(32)31(19-23-13-15-24(28)16-14-23)25(17-21-9-5-3-6-10-21)27(33)29-18-22-11-7-4-8-12-22/h3-16,25H,17-20H2,1-2H3,(H,29,33)/t25-/m1/s1. The van der Waals surface area contributed by atoms with Gasteiger partial charge in [0.15, 0.2) is 0 Å². The van der Waals surface area contributed by atoms with Crippen LogP contribution in [0.2, 0.25) is 5.02 Å². The van der Waals surface area contributed by atoms with E-state index in [-0.39, 0.29) is 25.4 Å². The number of hydrogen-bond acceptors (Lipinski definition) is 4. The molecule has 0 unspecified atom stereocenters. The molecule has 0 heterocycles. The van der Waals surface area contributed by atoms with Crippen molar-refractivity contribution >= 4 is 33.4 Å². The van der Waals surface area contributed by atoms with Crippen molar-refractivity contribution in [3.05, 3.63) is 107 Å². The molecule has 0 spiro atoms. The SMILES string of the molecule is CN(CC(=O)N(Cc1ccc(Cl)cc1)[C@H](Cc1ccccc1)C(=O)NCc1ccccc1)S(C)(=O)=O. The molecule has 3 rings (SSSR count). The lowest BCUT2D eigenvalue weighted by atomic mass is 10.0. The number of benzene rings is 3. The third kappa shape index (κ3) is 8.19. The van der Waals surface area contributed by atoms with Crippen LogP contribution in [0.4, 0.5) is 0 Å². The molecule has 0 saturated heterocycles. The van der Waals surface area contributed by atoms with Crippen molar-refractivity contribution < 1.29 is 18.0 Å². The van der Waals surface area contributed by atoms with Gasteiger partial charge in [0.2, 0.25) is 21.8 Å². The predicted molar refractivity (Wildman–Crippen MR) is 142 cm³/mol. The largest absolute Gasteiger partial charge is 0.350 e. The van der Waals surface area contributed by atoms with Crippen LogP contribution >= 0.6 is 11.6 Å². The first-order chi connectivity index (χ1) is 17.1. The normalized spacial score (nSPS) is 12.2. The highest BCUT2D eigenvalue weighted by Crippen LogP contribution is 2.17. The number of likely N-dealkylation sites (N-methyl/N-ethyl adjacent to an activating group) is 1. The molecule has 0 radical (unpaired) electrons. The second-order valence-electron chi connectivity index (χ2n) is 8.58. The minimum absolute atomic E-state index is 0.115. The number of halogens is 1. The number of carbonyl (C=O) groups is 2. The van der Waals surface area contributed by atoms with Crippen LogP contribution in [0.5, 0.6) is 0 Å². The smallest absolute Gasteiger partial charge is 0.243 e. The van der Waals surface area contributed by atoms with Crippen molar-refractivity contribution in [2.75, 3.05) is 19.8 Å². The van der Waals surface area contributed by atoms with Gasteiger partial charge in [-0.3, -0.25) is 9.59 Å². The van der Waals surface area contributed by atoms with Crippen molar-refractivity contribution in [3.8, 4) is 0 Å². The maximum atomic E-state index is 13.5. The third-order valence-electron chi connectivity index (χ3n) is 5.77. The summed E-state index contributed by atoms with van der Waals surface area (Å²) in [5.74, 6) is -0.805. The molecule has 1 N–H and O–H groups in total. The predicted octanol–water partition coefficient (Wildman–Crippen LogP) is 3.49. The molecule has 2 amide bonds. The summed E-state index contributed by atoms with van der Waals surface area (Å²) < 4.78 is 25.0. The molecule has 1 atom stereocenters. The lowest BCUT2D eigenvalue weighted by Crippen LogP contribution is -2.52. The van der Waals surface area contributed by atoms with Crippen molar-refractivity contribution in [1.29, 1.82) is 0 Å². The summed E-state index contributed by atoms with van der Waals surface area (Å²) in [6.45, 7) is 0.0325. The molecule has 0 aromatic heterocycles. The topological polar surface area (TPSA) is 86.8 Å². The summed E-state index contributed by atoms with van der Waals surface area (Å²) in [6, 6.07) is 25.0. The van der Waals surface area contributed by atoms with Crippen LogP contribution in [0.15, 0.2) is 84.9 Å². The molecule has 190 valence electrons. The second-order valence-corrected chi connectivity index (χ2v) is 11.1. The number of sulfonamides is 1. The van der Waals surface area contributed by atoms with Crippen molar-refractivity contribution in [3.63, 3.8) is 0 Å². The minimum Gasteiger partial charge on any atom is -0.350 e. The number of nitrogens with one attached hydrogen (secondary N) is 1. The highest BCUT2D eigenvalue weighted by atomic mass is 35.5. The maximum absolute atomic E-state index is 13.5. The van der Waals surface area contributed by atoms with E-state index < -0.39 is 22.0 Å². The van der Waals surface area contributed by atoms with E-state index in [1.54, 1.807) is 24.3 Å². The Bertz CT molecular complexity index is 1250. The van der Waals surface area contributed by atoms with E-state index in [1.165, 1.54) is 11.9 Å². The van der Waals surface area contributed by atoms with E-state index in [4.69, 9.17) is 11.6 Å². The van der Waals surface area contributed by atoms with Gasteiger partial charge in [0.05, 0.1) is 12.8 Å². The van der Waals surface area contributed by atoms with E-state index in [2.05, 4.69) is 5.32 Å². The molecule has 7 nitrogen and oxygen atoms in total. The molecule has 3 aromatic carbocycles. The molecule has 0 aliphatic carbocycles. The number of nitrogens with zero attached hydrogens (tertiary/aromatic N) is 2. The zero-order chi connectivity index (χ0) is 26.1. The lowest BCUT2D eigenvalue weighted by Gasteiger charge is -2.32. The Morgan fingerprint density at radius 1 is 0.861 bits per heavy atom. The first-order valence-corrected chi connectivity index (χ1v) is 13.7. The van der Waals surface area contributed by atoms with Gasteiger partial charge in [-0.2, -0.15) is 4.31 Å². The summed E-state index contributed by atoms with van der Waals surface area (Å²) in [4.78, 5) is 28.5. The molecule has 0 aliphatic rings. The maximum Gasteiger partial charge on any atom is 0.243 e. The summed E-state index contributed by atoms with van der Waals surface area (Å²) in [6.07, 6.45) is 1.31. The van der Waals surface area contributed by atoms with Crippen LogP contribution in [0, 0.1) is 0 Å². The van der Waals surface area contributed by atoms with Gasteiger partial charge >= 0.3 is 0 Å². The quantitative estimate of drug-likeness (QED) is 0.413. The molecule has 0 aliphatic heterocycles. The van der Waals surface area contributed by atoms with Crippen LogP contribution in [-0.2, 0) is 39.1 Å². The molecule has 36 heavy (non-hydrogen) atoms. The summed E-state index contributed by atoms with van der Waals surface area (Å²) in [5.41, 5.74) is 2.57. The lowest BCUT2D eigenvalue weighted by molar-refractivity contribution is -0.141.